The Labute approximate surface area is 133 Å². The van der Waals surface area contributed by atoms with Crippen LogP contribution < -0.4 is 5.32 Å². The summed E-state index contributed by atoms with van der Waals surface area (Å²) in [6, 6.07) is 0. The Hall–Kier alpha value is -1.50. The van der Waals surface area contributed by atoms with E-state index >= 15 is 0 Å². The van der Waals surface area contributed by atoms with E-state index in [1.54, 1.807) is 0 Å². The molecule has 0 spiro atoms. The lowest BCUT2D eigenvalue weighted by atomic mass is 9.94. The van der Waals surface area contributed by atoms with Gasteiger partial charge in [-0.05, 0) is 89.3 Å². The lowest BCUT2D eigenvalue weighted by molar-refractivity contribution is 0.984. The zero-order valence-electron chi connectivity index (χ0n) is 14.7. The molecule has 120 valence electrons. The number of nitrogens with one attached hydrogen (secondary N) is 1. The quantitative estimate of drug-likeness (QED) is 0.583. The molecule has 0 amide bonds. The van der Waals surface area contributed by atoms with Gasteiger partial charge in [-0.3, -0.25) is 0 Å². The number of hydrogen-bond acceptors (Lipinski definition) is 1. The van der Waals surface area contributed by atoms with Crippen molar-refractivity contribution in [3.05, 3.63) is 57.4 Å². The van der Waals surface area contributed by atoms with Crippen molar-refractivity contribution < 1.29 is 0 Å². The van der Waals surface area contributed by atoms with Gasteiger partial charge in [0, 0.05) is 12.7 Å². The molecule has 0 bridgehead atoms. The van der Waals surface area contributed by atoms with Crippen molar-refractivity contribution in [2.45, 2.75) is 62.8 Å². The highest BCUT2D eigenvalue weighted by Crippen LogP contribution is 2.23. The fourth-order valence-electron chi connectivity index (χ4n) is 1.91. The lowest BCUT2D eigenvalue weighted by Crippen LogP contribution is -2.02. The molecule has 1 heteroatoms. The van der Waals surface area contributed by atoms with Crippen LogP contribution in [0.25, 0.3) is 0 Å². The fraction of sp³-hybridized carbons (Fsp3) is 0.500. The van der Waals surface area contributed by atoms with Crippen LogP contribution in [0.2, 0.25) is 0 Å². The van der Waals surface area contributed by atoms with Gasteiger partial charge in [-0.25, -0.2) is 0 Å². The summed E-state index contributed by atoms with van der Waals surface area (Å²) >= 11 is 0. The molecule has 0 aliphatic heterocycles. The molecule has 0 atom stereocenters. The molecule has 0 heterocycles. The monoisotopic (exact) mass is 289 g/mol. The molecule has 21 heavy (non-hydrogen) atoms. The zero-order chi connectivity index (χ0) is 15.9. The second-order valence-electron chi connectivity index (χ2n) is 5.50. The third-order valence-corrected chi connectivity index (χ3v) is 4.03. The van der Waals surface area contributed by atoms with E-state index in [2.05, 4.69) is 78.9 Å². The summed E-state index contributed by atoms with van der Waals surface area (Å²) < 4.78 is 0. The Morgan fingerprint density at radius 3 is 1.71 bits per heavy atom. The number of allylic oxidation sites excluding steroid dienone is 10. The van der Waals surface area contributed by atoms with E-state index in [1.807, 2.05) is 7.05 Å². The van der Waals surface area contributed by atoms with Crippen molar-refractivity contribution >= 4 is 0 Å². The van der Waals surface area contributed by atoms with Crippen molar-refractivity contribution in [2.75, 3.05) is 7.05 Å². The van der Waals surface area contributed by atoms with Gasteiger partial charge < -0.3 is 5.32 Å². The maximum absolute atomic E-state index is 3.17. The molecule has 0 aromatic rings. The first-order valence-electron chi connectivity index (χ1n) is 7.27. The van der Waals surface area contributed by atoms with Crippen LogP contribution in [0, 0.1) is 0 Å². The molecule has 0 saturated heterocycles. The van der Waals surface area contributed by atoms with Crippen LogP contribution in [0.5, 0.6) is 0 Å². The summed E-state index contributed by atoms with van der Waals surface area (Å²) in [5.41, 5.74) is 9.20. The molecule has 0 saturated carbocycles. The Kier molecular flexibility index (Phi) is 10.6. The zero-order valence-corrected chi connectivity index (χ0v) is 14.7. The van der Waals surface area contributed by atoms with E-state index in [9.17, 15) is 0 Å². The molecule has 0 aliphatic carbocycles. The standard InChI is InChI=1S/C19H31N.CH4/c1-10-13(2)11-14(3)17(6)19(8)18(7)15(4)12-16(5)20-9;/h10-12,20H,1-9H3;1H4/b13-10-,14-11?,16-12?,18-15-,19-17?;. The van der Waals surface area contributed by atoms with E-state index in [0.717, 1.165) is 0 Å². The van der Waals surface area contributed by atoms with Crippen LogP contribution in [0.1, 0.15) is 62.8 Å². The first-order chi connectivity index (χ1) is 9.24. The minimum atomic E-state index is 0. The normalized spacial score (nSPS) is 16.0. The van der Waals surface area contributed by atoms with Crippen molar-refractivity contribution in [3.63, 3.8) is 0 Å². The van der Waals surface area contributed by atoms with Gasteiger partial charge in [0.2, 0.25) is 0 Å². The van der Waals surface area contributed by atoms with E-state index in [4.69, 9.17) is 0 Å². The Balaban J connectivity index is 0. The smallest absolute Gasteiger partial charge is 0.00751 e. The first-order valence-corrected chi connectivity index (χ1v) is 7.27. The summed E-state index contributed by atoms with van der Waals surface area (Å²) in [7, 11) is 1.95. The molecule has 0 aliphatic rings. The third-order valence-electron chi connectivity index (χ3n) is 4.03. The van der Waals surface area contributed by atoms with Gasteiger partial charge in [-0.15, -0.1) is 0 Å². The molecule has 0 aromatic carbocycles. The van der Waals surface area contributed by atoms with Crippen LogP contribution in [0.4, 0.5) is 0 Å². The van der Waals surface area contributed by atoms with E-state index < -0.39 is 0 Å². The number of rotatable bonds is 5. The van der Waals surface area contributed by atoms with Crippen LogP contribution in [0.3, 0.4) is 0 Å². The van der Waals surface area contributed by atoms with Gasteiger partial charge in [-0.2, -0.15) is 0 Å². The minimum absolute atomic E-state index is 0. The molecule has 1 N–H and O–H groups in total. The average molecular weight is 290 g/mol. The highest BCUT2D eigenvalue weighted by Gasteiger charge is 2.04. The molecule has 0 radical (unpaired) electrons. The average Bonchev–Trinajstić information content (AvgIpc) is 2.43. The predicted molar refractivity (Wildman–Crippen MR) is 99.5 cm³/mol. The molecule has 0 aromatic heterocycles. The van der Waals surface area contributed by atoms with Crippen LogP contribution in [0.15, 0.2) is 57.4 Å². The predicted octanol–water partition coefficient (Wildman–Crippen LogP) is 6.33. The maximum atomic E-state index is 3.17. The Morgan fingerprint density at radius 1 is 0.762 bits per heavy atom. The summed E-state index contributed by atoms with van der Waals surface area (Å²) in [6.07, 6.45) is 6.58. The van der Waals surface area contributed by atoms with Crippen molar-refractivity contribution in [1.82, 2.24) is 5.32 Å². The van der Waals surface area contributed by atoms with Gasteiger partial charge in [0.15, 0.2) is 0 Å². The summed E-state index contributed by atoms with van der Waals surface area (Å²) in [6.45, 7) is 17.3. The Morgan fingerprint density at radius 2 is 1.29 bits per heavy atom. The van der Waals surface area contributed by atoms with Gasteiger partial charge in [0.25, 0.3) is 0 Å². The molecular formula is C20H35N. The number of hydrogen-bond donors (Lipinski definition) is 1. The Bertz CT molecular complexity index is 494. The summed E-state index contributed by atoms with van der Waals surface area (Å²) in [4.78, 5) is 0. The van der Waals surface area contributed by atoms with Gasteiger partial charge in [0.1, 0.15) is 0 Å². The van der Waals surface area contributed by atoms with Crippen molar-refractivity contribution in [2.24, 2.45) is 0 Å². The summed E-state index contributed by atoms with van der Waals surface area (Å²) in [5.74, 6) is 0. The van der Waals surface area contributed by atoms with E-state index in [-0.39, 0.29) is 7.43 Å². The van der Waals surface area contributed by atoms with Gasteiger partial charge in [0.05, 0.1) is 0 Å². The van der Waals surface area contributed by atoms with E-state index in [1.165, 1.54) is 39.1 Å². The second-order valence-corrected chi connectivity index (χ2v) is 5.50. The van der Waals surface area contributed by atoms with Crippen LogP contribution in [-0.4, -0.2) is 7.05 Å². The highest BCUT2D eigenvalue weighted by atomic mass is 14.8. The molecule has 0 unspecified atom stereocenters. The van der Waals surface area contributed by atoms with Crippen LogP contribution >= 0.6 is 0 Å². The highest BCUT2D eigenvalue weighted by molar-refractivity contribution is 5.46. The topological polar surface area (TPSA) is 12.0 Å². The molecular weight excluding hydrogens is 254 g/mol. The fourth-order valence-corrected chi connectivity index (χ4v) is 1.91. The van der Waals surface area contributed by atoms with Crippen LogP contribution in [-0.2, 0) is 0 Å². The van der Waals surface area contributed by atoms with Gasteiger partial charge >= 0.3 is 0 Å². The van der Waals surface area contributed by atoms with E-state index in [0.29, 0.717) is 0 Å². The first kappa shape index (κ1) is 21.8. The van der Waals surface area contributed by atoms with Crippen molar-refractivity contribution in [3.8, 4) is 0 Å². The van der Waals surface area contributed by atoms with Gasteiger partial charge in [-0.1, -0.05) is 25.2 Å². The minimum Gasteiger partial charge on any atom is -0.392 e. The second kappa shape index (κ2) is 10.3. The lowest BCUT2D eigenvalue weighted by Gasteiger charge is -2.12. The molecule has 0 fully saturated rings. The molecule has 0 rings (SSSR count). The van der Waals surface area contributed by atoms with Crippen molar-refractivity contribution in [1.29, 1.82) is 0 Å². The summed E-state index contributed by atoms with van der Waals surface area (Å²) in [5, 5.41) is 3.17. The largest absolute Gasteiger partial charge is 0.392 e. The SMILES string of the molecule is C.C/C=C(/C)C=C(C)C(C)=C(C)/C(C)=C(/C)C=C(C)NC. The maximum Gasteiger partial charge on any atom is 0.00751 e. The third kappa shape index (κ3) is 7.17. The molecule has 1 nitrogen and oxygen atoms in total.